The summed E-state index contributed by atoms with van der Waals surface area (Å²) >= 11 is 0. The lowest BCUT2D eigenvalue weighted by molar-refractivity contribution is 0.363. The number of rotatable bonds is 6. The van der Waals surface area contributed by atoms with Gasteiger partial charge in [0.25, 0.3) is 0 Å². The van der Waals surface area contributed by atoms with Crippen molar-refractivity contribution in [1.29, 1.82) is 0 Å². The third-order valence-electron chi connectivity index (χ3n) is 4.41. The van der Waals surface area contributed by atoms with Gasteiger partial charge in [0.2, 0.25) is 0 Å². The number of hydrogen-bond donors (Lipinski definition) is 2. The first kappa shape index (κ1) is 18.3. The number of aromatic amines is 2. The van der Waals surface area contributed by atoms with E-state index < -0.39 is 11.2 Å². The van der Waals surface area contributed by atoms with Gasteiger partial charge in [-0.2, -0.15) is 5.10 Å². The molecular weight excluding hydrogens is 372 g/mol. The average molecular weight is 390 g/mol. The molecule has 2 N–H and O–H groups in total. The van der Waals surface area contributed by atoms with Crippen molar-refractivity contribution in [3.05, 3.63) is 81.5 Å². The molecule has 0 bridgehead atoms. The van der Waals surface area contributed by atoms with Gasteiger partial charge < -0.3 is 19.4 Å². The second-order valence-corrected chi connectivity index (χ2v) is 6.22. The number of hydrogen-bond acceptors (Lipinski definition) is 5. The lowest BCUT2D eigenvalue weighted by Gasteiger charge is -2.03. The highest BCUT2D eigenvalue weighted by Gasteiger charge is 2.15. The molecule has 0 radical (unpaired) electrons. The van der Waals surface area contributed by atoms with Crippen molar-refractivity contribution in [3.63, 3.8) is 0 Å². The van der Waals surface area contributed by atoms with Crippen LogP contribution in [0.3, 0.4) is 0 Å². The van der Waals surface area contributed by atoms with Crippen molar-refractivity contribution in [1.82, 2.24) is 14.6 Å². The number of nitrogens with one attached hydrogen (secondary N) is 2. The number of ether oxygens (including phenoxy) is 2. The van der Waals surface area contributed by atoms with Gasteiger partial charge in [-0.1, -0.05) is 18.7 Å². The van der Waals surface area contributed by atoms with Crippen LogP contribution in [0.4, 0.5) is 0 Å². The molecule has 8 nitrogen and oxygen atoms in total. The second kappa shape index (κ2) is 7.51. The molecule has 2 aromatic carbocycles. The number of nitrogens with zero attached hydrogens (tertiary/aromatic N) is 2. The van der Waals surface area contributed by atoms with E-state index >= 15 is 0 Å². The molecule has 0 fully saturated rings. The fourth-order valence-corrected chi connectivity index (χ4v) is 3.06. The van der Waals surface area contributed by atoms with Crippen molar-refractivity contribution in [2.75, 3.05) is 13.7 Å². The van der Waals surface area contributed by atoms with Crippen LogP contribution in [0, 0.1) is 0 Å². The number of fused-ring (bicyclic) bond motifs is 3. The fourth-order valence-electron chi connectivity index (χ4n) is 3.06. The van der Waals surface area contributed by atoms with Crippen LogP contribution in [-0.2, 0) is 0 Å². The quantitative estimate of drug-likeness (QED) is 0.390. The lowest BCUT2D eigenvalue weighted by Crippen LogP contribution is -2.32. The molecule has 0 aliphatic heterocycles. The minimum atomic E-state index is -0.642. The van der Waals surface area contributed by atoms with Gasteiger partial charge in [-0.05, 0) is 42.0 Å². The zero-order valence-electron chi connectivity index (χ0n) is 15.6. The SMILES string of the molecule is C=CCOc1ccc(/C=N\n2c(=O)[nH]c3c([nH]c4cccc(OC)c43)c2=O)cc1. The topological polar surface area (TPSA) is 101 Å². The smallest absolute Gasteiger partial charge is 0.350 e. The predicted octanol–water partition coefficient (Wildman–Crippen LogP) is 2.63. The number of methoxy groups -OCH3 is 1. The van der Waals surface area contributed by atoms with Crippen molar-refractivity contribution < 1.29 is 9.47 Å². The van der Waals surface area contributed by atoms with E-state index in [1.54, 1.807) is 48.5 Å². The fraction of sp³-hybridized carbons (Fsp3) is 0.0952. The summed E-state index contributed by atoms with van der Waals surface area (Å²) in [7, 11) is 1.53. The first-order valence-electron chi connectivity index (χ1n) is 8.84. The van der Waals surface area contributed by atoms with Crippen LogP contribution in [0.5, 0.6) is 11.5 Å². The minimum Gasteiger partial charge on any atom is -0.496 e. The molecule has 0 unspecified atom stereocenters. The molecule has 0 aliphatic carbocycles. The van der Waals surface area contributed by atoms with Crippen molar-refractivity contribution in [2.45, 2.75) is 0 Å². The summed E-state index contributed by atoms with van der Waals surface area (Å²) in [6.45, 7) is 4.01. The van der Waals surface area contributed by atoms with E-state index in [1.165, 1.54) is 13.3 Å². The van der Waals surface area contributed by atoms with Gasteiger partial charge in [-0.25, -0.2) is 4.79 Å². The van der Waals surface area contributed by atoms with E-state index in [0.29, 0.717) is 40.1 Å². The number of benzene rings is 2. The van der Waals surface area contributed by atoms with E-state index in [-0.39, 0.29) is 5.52 Å². The van der Waals surface area contributed by atoms with E-state index in [2.05, 4.69) is 21.6 Å². The maximum atomic E-state index is 12.8. The Balaban J connectivity index is 1.76. The van der Waals surface area contributed by atoms with Crippen molar-refractivity contribution in [2.24, 2.45) is 5.10 Å². The highest BCUT2D eigenvalue weighted by Crippen LogP contribution is 2.29. The van der Waals surface area contributed by atoms with Gasteiger partial charge in [0.05, 0.1) is 29.7 Å². The largest absolute Gasteiger partial charge is 0.496 e. The van der Waals surface area contributed by atoms with Crippen LogP contribution < -0.4 is 20.7 Å². The van der Waals surface area contributed by atoms with Gasteiger partial charge in [-0.3, -0.25) is 4.79 Å². The van der Waals surface area contributed by atoms with Crippen LogP contribution in [-0.4, -0.2) is 34.6 Å². The maximum absolute atomic E-state index is 12.8. The third-order valence-corrected chi connectivity index (χ3v) is 4.41. The first-order chi connectivity index (χ1) is 14.1. The summed E-state index contributed by atoms with van der Waals surface area (Å²) in [5.74, 6) is 1.24. The van der Waals surface area contributed by atoms with Gasteiger partial charge in [0.1, 0.15) is 23.6 Å². The Kier molecular flexibility index (Phi) is 4.74. The summed E-state index contributed by atoms with van der Waals surface area (Å²) < 4.78 is 11.6. The molecule has 29 heavy (non-hydrogen) atoms. The summed E-state index contributed by atoms with van der Waals surface area (Å²) in [4.78, 5) is 31.1. The Morgan fingerprint density at radius 2 is 1.90 bits per heavy atom. The Morgan fingerprint density at radius 1 is 1.10 bits per heavy atom. The molecule has 2 aromatic heterocycles. The second-order valence-electron chi connectivity index (χ2n) is 6.22. The van der Waals surface area contributed by atoms with E-state index in [1.807, 2.05) is 0 Å². The molecule has 0 aliphatic rings. The third kappa shape index (κ3) is 3.31. The zero-order valence-corrected chi connectivity index (χ0v) is 15.6. The van der Waals surface area contributed by atoms with Gasteiger partial charge in [0.15, 0.2) is 0 Å². The van der Waals surface area contributed by atoms with E-state index in [0.717, 1.165) is 4.68 Å². The predicted molar refractivity (Wildman–Crippen MR) is 112 cm³/mol. The maximum Gasteiger partial charge on any atom is 0.350 e. The molecule has 4 aromatic rings. The van der Waals surface area contributed by atoms with Crippen molar-refractivity contribution >= 4 is 28.2 Å². The summed E-state index contributed by atoms with van der Waals surface area (Å²) in [6, 6.07) is 12.4. The first-order valence-corrected chi connectivity index (χ1v) is 8.84. The molecule has 146 valence electrons. The van der Waals surface area contributed by atoms with Gasteiger partial charge in [0, 0.05) is 0 Å². The summed E-state index contributed by atoms with van der Waals surface area (Å²) in [6.07, 6.45) is 3.09. The van der Waals surface area contributed by atoms with Crippen LogP contribution in [0.1, 0.15) is 5.56 Å². The molecule has 2 heterocycles. The normalized spacial score (nSPS) is 11.3. The van der Waals surface area contributed by atoms with Crippen LogP contribution in [0.15, 0.2) is 69.8 Å². The van der Waals surface area contributed by atoms with Crippen LogP contribution >= 0.6 is 0 Å². The highest BCUT2D eigenvalue weighted by molar-refractivity contribution is 6.07. The standard InChI is InChI=1S/C21H18N4O4/c1-3-11-29-14-9-7-13(8-10-14)12-22-25-20(26)19-18(24-21(25)27)17-15(23-19)5-4-6-16(17)28-2/h3-10,12,23H,1,11H2,2H3,(H,24,27)/b22-12-. The highest BCUT2D eigenvalue weighted by atomic mass is 16.5. The molecule has 0 atom stereocenters. The summed E-state index contributed by atoms with van der Waals surface area (Å²) in [5.41, 5.74) is 0.835. The molecule has 0 amide bonds. The van der Waals surface area contributed by atoms with E-state index in [9.17, 15) is 9.59 Å². The Morgan fingerprint density at radius 3 is 2.62 bits per heavy atom. The molecular formula is C21H18N4O4. The Hall–Kier alpha value is -4.07. The zero-order chi connectivity index (χ0) is 20.4. The molecule has 0 saturated carbocycles. The molecule has 8 heteroatoms. The lowest BCUT2D eigenvalue weighted by atomic mass is 10.2. The molecule has 4 rings (SSSR count). The van der Waals surface area contributed by atoms with Gasteiger partial charge in [-0.15, -0.1) is 4.68 Å². The molecule has 0 spiro atoms. The average Bonchev–Trinajstić information content (AvgIpc) is 3.12. The number of aromatic nitrogens is 3. The van der Waals surface area contributed by atoms with Crippen LogP contribution in [0.2, 0.25) is 0 Å². The van der Waals surface area contributed by atoms with Gasteiger partial charge >= 0.3 is 11.2 Å². The van der Waals surface area contributed by atoms with Crippen LogP contribution in [0.25, 0.3) is 21.9 Å². The molecule has 0 saturated heterocycles. The summed E-state index contributed by atoms with van der Waals surface area (Å²) in [5, 5.41) is 4.70. The minimum absolute atomic E-state index is 0.245. The number of H-pyrrole nitrogens is 2. The Bertz CT molecular complexity index is 1340. The monoisotopic (exact) mass is 390 g/mol. The Labute approximate surface area is 164 Å². The van der Waals surface area contributed by atoms with Crippen molar-refractivity contribution in [3.8, 4) is 11.5 Å². The van der Waals surface area contributed by atoms with E-state index in [4.69, 9.17) is 9.47 Å².